The molecule has 0 aliphatic heterocycles. The van der Waals surface area contributed by atoms with E-state index in [9.17, 15) is 0 Å². The van der Waals surface area contributed by atoms with Crippen molar-refractivity contribution in [1.29, 1.82) is 0 Å². The van der Waals surface area contributed by atoms with Crippen molar-refractivity contribution in [3.05, 3.63) is 95.1 Å². The molecule has 3 rings (SSSR count). The highest BCUT2D eigenvalue weighted by atomic mass is 16.5. The van der Waals surface area contributed by atoms with E-state index in [1.807, 2.05) is 48.5 Å². The summed E-state index contributed by atoms with van der Waals surface area (Å²) in [7, 11) is 0. The van der Waals surface area contributed by atoms with Crippen LogP contribution < -0.4 is 11.7 Å². The molecule has 0 fully saturated rings. The molecule has 5 heteroatoms. The highest BCUT2D eigenvalue weighted by Crippen LogP contribution is 2.24. The SMILES string of the molecule is NN=Cc1ccc(COCc2ccccc2-c2ccc(C=NN)cc2)cc1. The Labute approximate surface area is 159 Å². The maximum atomic E-state index is 5.93. The number of hydrogen-bond acceptors (Lipinski definition) is 5. The fraction of sp³-hybridized carbons (Fsp3) is 0.0909. The lowest BCUT2D eigenvalue weighted by molar-refractivity contribution is 0.107. The lowest BCUT2D eigenvalue weighted by Gasteiger charge is -2.11. The topological polar surface area (TPSA) is 86.0 Å². The fourth-order valence-electron chi connectivity index (χ4n) is 2.83. The van der Waals surface area contributed by atoms with Gasteiger partial charge >= 0.3 is 0 Å². The lowest BCUT2D eigenvalue weighted by atomic mass is 9.99. The zero-order valence-electron chi connectivity index (χ0n) is 15.0. The van der Waals surface area contributed by atoms with Gasteiger partial charge in [-0.05, 0) is 33.4 Å². The van der Waals surface area contributed by atoms with Crippen LogP contribution in [0.3, 0.4) is 0 Å². The highest BCUT2D eigenvalue weighted by molar-refractivity contribution is 5.81. The summed E-state index contributed by atoms with van der Waals surface area (Å²) in [6, 6.07) is 24.3. The summed E-state index contributed by atoms with van der Waals surface area (Å²) in [6.45, 7) is 1.08. The van der Waals surface area contributed by atoms with Crippen LogP contribution in [0.1, 0.15) is 22.3 Å². The largest absolute Gasteiger partial charge is 0.372 e. The summed E-state index contributed by atoms with van der Waals surface area (Å²) in [5, 5.41) is 7.07. The van der Waals surface area contributed by atoms with Crippen LogP contribution in [-0.2, 0) is 18.0 Å². The van der Waals surface area contributed by atoms with Crippen LogP contribution >= 0.6 is 0 Å². The third kappa shape index (κ3) is 5.03. The molecule has 0 aliphatic carbocycles. The Morgan fingerprint density at radius 3 is 1.93 bits per heavy atom. The van der Waals surface area contributed by atoms with Gasteiger partial charge in [0.05, 0.1) is 25.6 Å². The van der Waals surface area contributed by atoms with Crippen LogP contribution in [0, 0.1) is 0 Å². The highest BCUT2D eigenvalue weighted by Gasteiger charge is 2.05. The number of nitrogens with zero attached hydrogens (tertiary/aromatic N) is 2. The third-order valence-corrected chi connectivity index (χ3v) is 4.19. The lowest BCUT2D eigenvalue weighted by Crippen LogP contribution is -1.97. The first-order valence-electron chi connectivity index (χ1n) is 8.61. The summed E-state index contributed by atoms with van der Waals surface area (Å²) in [5.41, 5.74) is 6.47. The molecule has 0 saturated heterocycles. The zero-order valence-corrected chi connectivity index (χ0v) is 15.0. The van der Waals surface area contributed by atoms with Crippen molar-refractivity contribution in [1.82, 2.24) is 0 Å². The monoisotopic (exact) mass is 358 g/mol. The van der Waals surface area contributed by atoms with Gasteiger partial charge in [-0.3, -0.25) is 0 Å². The van der Waals surface area contributed by atoms with E-state index in [4.69, 9.17) is 16.4 Å². The van der Waals surface area contributed by atoms with E-state index in [-0.39, 0.29) is 0 Å². The first kappa shape index (κ1) is 18.4. The van der Waals surface area contributed by atoms with Crippen LogP contribution in [0.2, 0.25) is 0 Å². The van der Waals surface area contributed by atoms with Crippen LogP contribution in [-0.4, -0.2) is 12.4 Å². The molecule has 0 saturated carbocycles. The molecule has 3 aromatic carbocycles. The molecule has 0 bridgehead atoms. The summed E-state index contributed by atoms with van der Waals surface area (Å²) in [6.07, 6.45) is 3.25. The van der Waals surface area contributed by atoms with E-state index in [1.165, 1.54) is 0 Å². The van der Waals surface area contributed by atoms with Gasteiger partial charge < -0.3 is 16.4 Å². The van der Waals surface area contributed by atoms with Crippen molar-refractivity contribution < 1.29 is 4.74 Å². The van der Waals surface area contributed by atoms with Crippen LogP contribution in [0.25, 0.3) is 11.1 Å². The molecule has 0 aliphatic rings. The quantitative estimate of drug-likeness (QED) is 0.384. The van der Waals surface area contributed by atoms with E-state index in [2.05, 4.69) is 34.5 Å². The number of rotatable bonds is 7. The van der Waals surface area contributed by atoms with Gasteiger partial charge in [-0.15, -0.1) is 0 Å². The molecule has 27 heavy (non-hydrogen) atoms. The predicted molar refractivity (Wildman–Crippen MR) is 110 cm³/mol. The Morgan fingerprint density at radius 2 is 1.30 bits per heavy atom. The van der Waals surface area contributed by atoms with Crippen molar-refractivity contribution in [2.75, 3.05) is 0 Å². The minimum atomic E-state index is 0.536. The van der Waals surface area contributed by atoms with Crippen molar-refractivity contribution in [3.8, 4) is 11.1 Å². The molecule has 0 unspecified atom stereocenters. The molecule has 3 aromatic rings. The molecule has 5 nitrogen and oxygen atoms in total. The number of hydrazone groups is 2. The van der Waals surface area contributed by atoms with Gasteiger partial charge in [-0.1, -0.05) is 72.8 Å². The molecular formula is C22H22N4O. The summed E-state index contributed by atoms with van der Waals surface area (Å²) >= 11 is 0. The van der Waals surface area contributed by atoms with Gasteiger partial charge in [0.15, 0.2) is 0 Å². The molecule has 0 atom stereocenters. The van der Waals surface area contributed by atoms with Gasteiger partial charge in [0.25, 0.3) is 0 Å². The first-order valence-corrected chi connectivity index (χ1v) is 8.61. The van der Waals surface area contributed by atoms with E-state index in [0.29, 0.717) is 13.2 Å². The van der Waals surface area contributed by atoms with Crippen molar-refractivity contribution in [2.45, 2.75) is 13.2 Å². The molecule has 0 aromatic heterocycles. The van der Waals surface area contributed by atoms with Crippen molar-refractivity contribution in [2.24, 2.45) is 21.9 Å². The normalized spacial score (nSPS) is 11.4. The minimum Gasteiger partial charge on any atom is -0.372 e. The molecule has 0 spiro atoms. The first-order chi connectivity index (χ1) is 13.3. The number of nitrogens with two attached hydrogens (primary N) is 2. The Balaban J connectivity index is 1.67. The second kappa shape index (κ2) is 9.31. The molecule has 0 amide bonds. The Bertz CT molecular complexity index is 916. The van der Waals surface area contributed by atoms with Gasteiger partial charge in [0, 0.05) is 0 Å². The Morgan fingerprint density at radius 1 is 0.704 bits per heavy atom. The van der Waals surface area contributed by atoms with E-state index < -0.39 is 0 Å². The average molecular weight is 358 g/mol. The smallest absolute Gasteiger partial charge is 0.0727 e. The second-order valence-corrected chi connectivity index (χ2v) is 6.07. The minimum absolute atomic E-state index is 0.536. The van der Waals surface area contributed by atoms with E-state index >= 15 is 0 Å². The average Bonchev–Trinajstić information content (AvgIpc) is 2.71. The van der Waals surface area contributed by atoms with Gasteiger partial charge in [-0.2, -0.15) is 10.2 Å². The number of hydrogen-bond donors (Lipinski definition) is 2. The van der Waals surface area contributed by atoms with E-state index in [1.54, 1.807) is 12.4 Å². The number of benzene rings is 3. The molecule has 4 N–H and O–H groups in total. The molecule has 0 radical (unpaired) electrons. The van der Waals surface area contributed by atoms with Crippen LogP contribution in [0.5, 0.6) is 0 Å². The summed E-state index contributed by atoms with van der Waals surface area (Å²) in [4.78, 5) is 0. The van der Waals surface area contributed by atoms with Gasteiger partial charge in [-0.25, -0.2) is 0 Å². The van der Waals surface area contributed by atoms with Crippen LogP contribution in [0.15, 0.2) is 83.0 Å². The van der Waals surface area contributed by atoms with E-state index in [0.717, 1.165) is 33.4 Å². The Hall–Kier alpha value is -3.44. The molecule has 0 heterocycles. The third-order valence-electron chi connectivity index (χ3n) is 4.19. The fourth-order valence-corrected chi connectivity index (χ4v) is 2.83. The molecule has 136 valence electrons. The Kier molecular flexibility index (Phi) is 6.33. The summed E-state index contributed by atoms with van der Waals surface area (Å²) in [5.74, 6) is 10.4. The maximum Gasteiger partial charge on any atom is 0.0727 e. The predicted octanol–water partition coefficient (Wildman–Crippen LogP) is 3.66. The maximum absolute atomic E-state index is 5.93. The second-order valence-electron chi connectivity index (χ2n) is 6.07. The van der Waals surface area contributed by atoms with Gasteiger partial charge in [0.1, 0.15) is 0 Å². The standard InChI is InChI=1S/C22H22N4O/c23-25-13-17-5-7-19(8-6-17)15-27-16-21-3-1-2-4-22(21)20-11-9-18(10-12-20)14-26-24/h1-14H,15-16,23-24H2. The van der Waals surface area contributed by atoms with Gasteiger partial charge in [0.2, 0.25) is 0 Å². The summed E-state index contributed by atoms with van der Waals surface area (Å²) < 4.78 is 5.93. The van der Waals surface area contributed by atoms with Crippen molar-refractivity contribution in [3.63, 3.8) is 0 Å². The zero-order chi connectivity index (χ0) is 18.9. The molecular weight excluding hydrogens is 336 g/mol. The van der Waals surface area contributed by atoms with Crippen LogP contribution in [0.4, 0.5) is 0 Å². The van der Waals surface area contributed by atoms with Crippen molar-refractivity contribution >= 4 is 12.4 Å². The number of ether oxygens (including phenoxy) is 1.